The number of hydrogen-bond donors (Lipinski definition) is 28. The summed E-state index contributed by atoms with van der Waals surface area (Å²) in [4.78, 5) is 4.49. The van der Waals surface area contributed by atoms with Gasteiger partial charge in [0.25, 0.3) is 60.7 Å². The highest BCUT2D eigenvalue weighted by Crippen LogP contribution is 2.46. The van der Waals surface area contributed by atoms with Crippen molar-refractivity contribution in [2.75, 3.05) is 248 Å². The zero-order valence-electron chi connectivity index (χ0n) is 68.1. The number of azo groups is 2. The van der Waals surface area contributed by atoms with Crippen LogP contribution >= 0.6 is 0 Å². The summed E-state index contributed by atoms with van der Waals surface area (Å²) in [5.74, 6) is -2.02. The lowest BCUT2D eigenvalue weighted by Gasteiger charge is -2.17. The number of rotatable bonds is 48. The van der Waals surface area contributed by atoms with Gasteiger partial charge in [0.2, 0.25) is 0 Å². The summed E-state index contributed by atoms with van der Waals surface area (Å²) in [6.07, 6.45) is 1.96. The predicted molar refractivity (Wildman–Crippen MR) is 455 cm³/mol. The molecule has 0 heterocycles. The molecule has 0 aliphatic rings. The summed E-state index contributed by atoms with van der Waals surface area (Å²) in [5.41, 5.74) is 7.52. The number of aliphatic hydroxyl groups is 18. The number of nitrogens with zero attached hydrogens (tertiary/aromatic N) is 10. The highest BCUT2D eigenvalue weighted by atomic mass is 32.2. The molecule has 6 aromatic rings. The SMILES string of the molecule is Nc1c(S(=O)(=O)O)cc(S(=O)(=O)O)c2ccc(N=Nc3ccc(C=Cc4ccc(N=Nc5ccc6c(S(=O)(=O)O)cc(S(=O)(=O)O)c(N)c6c5O)cc4S(=O)(=O)O)c(S(=O)(=O)O)c3)c(O)c12.OCCN(CCO)CCO.OCCN(CCO)CCO.OCCN(CCO)CCO.OCCN(CCO)CCO.OCCN(CCO)CCO.OCCN(CCO)CCO. The number of anilines is 2. The number of aliphatic hydroxyl groups excluding tert-OH is 18. The maximum atomic E-state index is 12.4. The Morgan fingerprint density at radius 3 is 0.595 bits per heavy atom. The zero-order valence-corrected chi connectivity index (χ0v) is 73.0. The minimum Gasteiger partial charge on any atom is -0.505 e. The van der Waals surface area contributed by atoms with Gasteiger partial charge in [0.1, 0.15) is 40.7 Å². The van der Waals surface area contributed by atoms with Gasteiger partial charge in [-0.15, -0.1) is 10.2 Å². The lowest BCUT2D eigenvalue weighted by atomic mass is 10.1. The molecule has 0 bridgehead atoms. The standard InChI is InChI=1S/C34H26N6O20S6.6C6H15NO3/c35-31-27(65(55,56)57)13-25(63(49,50)51)19-7-9-21(33(41)29(19)31)39-37-17-5-3-15(23(11-17)61(43,44)45)1-2-16-4-6-18(12-24(16)62(46,47)48)38-40-22-10-8-20-26(64(52,53)54)14-28(66(58,59)60)32(36)30(20)34(22)42;6*8-4-1-7(2-5-9)3-6-10/h1-14,41-42H,35-36H2,(H,43,44,45)(H,46,47,48)(H,49,50,51)(H,52,53,54)(H,55,56,57)(H,58,59,60);6*8-10H,1-6H2. The van der Waals surface area contributed by atoms with E-state index in [0.717, 1.165) is 72.8 Å². The molecule has 0 aliphatic carbocycles. The molecule has 50 nitrogen and oxygen atoms in total. The first-order valence-corrected chi connectivity index (χ1v) is 46.0. The van der Waals surface area contributed by atoms with E-state index >= 15 is 0 Å². The average Bonchev–Trinajstić information content (AvgIpc) is 0.747. The molecule has 0 radical (unpaired) electrons. The Labute approximate surface area is 727 Å². The van der Waals surface area contributed by atoms with Crippen molar-refractivity contribution in [1.82, 2.24) is 29.4 Å². The lowest BCUT2D eigenvalue weighted by molar-refractivity contribution is 0.136. The van der Waals surface area contributed by atoms with Crippen molar-refractivity contribution < 1.29 is 180 Å². The maximum Gasteiger partial charge on any atom is 0.296 e. The first-order valence-electron chi connectivity index (χ1n) is 37.4. The Balaban J connectivity index is 0.00000206. The van der Waals surface area contributed by atoms with Crippen LogP contribution in [0, 0.1) is 0 Å². The van der Waals surface area contributed by atoms with Crippen LogP contribution < -0.4 is 11.5 Å². The monoisotopic (exact) mass is 1920 g/mol. The molecular weight excluding hydrogens is 1810 g/mol. The summed E-state index contributed by atoms with van der Waals surface area (Å²) in [5, 5.41) is 187. The molecule has 0 saturated carbocycles. The van der Waals surface area contributed by atoms with Gasteiger partial charge in [-0.05, 0) is 59.7 Å². The third kappa shape index (κ3) is 43.3. The van der Waals surface area contributed by atoms with Crippen molar-refractivity contribution in [3.05, 3.63) is 83.9 Å². The van der Waals surface area contributed by atoms with Gasteiger partial charge in [-0.25, -0.2) is 0 Å². The topological polar surface area (TPSA) is 852 Å². The number of benzene rings is 6. The van der Waals surface area contributed by atoms with Crippen LogP contribution in [0.1, 0.15) is 11.1 Å². The second-order valence-electron chi connectivity index (χ2n) is 25.4. The molecule has 0 saturated heterocycles. The fraction of sp³-hybridized carbons (Fsp3) is 0.514. The van der Waals surface area contributed by atoms with Crippen molar-refractivity contribution in [2.24, 2.45) is 20.5 Å². The van der Waals surface area contributed by atoms with Gasteiger partial charge >= 0.3 is 0 Å². The number of nitrogens with two attached hydrogens (primary N) is 2. The normalized spacial score (nSPS) is 12.2. The molecule has 0 aliphatic heterocycles. The largest absolute Gasteiger partial charge is 0.505 e. The molecule has 0 unspecified atom stereocenters. The van der Waals surface area contributed by atoms with E-state index in [1.54, 1.807) is 29.4 Å². The number of phenols is 2. The zero-order chi connectivity index (χ0) is 96.2. The van der Waals surface area contributed by atoms with Crippen molar-refractivity contribution in [3.63, 3.8) is 0 Å². The first kappa shape index (κ1) is 118. The molecule has 30 N–H and O–H groups in total. The Kier molecular flexibility index (Phi) is 58.2. The molecular formula is C70H116N12O38S6. The Bertz CT molecular complexity index is 4560. The minimum absolute atomic E-state index is 0.0694. The maximum absolute atomic E-state index is 12.4. The van der Waals surface area contributed by atoms with E-state index in [9.17, 15) is 88.0 Å². The minimum atomic E-state index is -5.23. The number of phenolic OH excluding ortho intramolecular Hbond substituents is 2. The second kappa shape index (κ2) is 61.9. The van der Waals surface area contributed by atoms with Gasteiger partial charge in [-0.3, -0.25) is 56.7 Å². The van der Waals surface area contributed by atoms with Gasteiger partial charge in [0.05, 0.1) is 152 Å². The van der Waals surface area contributed by atoms with Crippen molar-refractivity contribution >= 4 is 129 Å². The molecule has 6 aromatic carbocycles. The fourth-order valence-corrected chi connectivity index (χ4v) is 15.1. The van der Waals surface area contributed by atoms with Crippen LogP contribution in [0.3, 0.4) is 0 Å². The quantitative estimate of drug-likeness (QED) is 0.00734. The highest BCUT2D eigenvalue weighted by molar-refractivity contribution is 7.87. The van der Waals surface area contributed by atoms with Crippen LogP contribution in [0.2, 0.25) is 0 Å². The van der Waals surface area contributed by atoms with E-state index in [-0.39, 0.29) is 141 Å². The summed E-state index contributed by atoms with van der Waals surface area (Å²) >= 11 is 0. The van der Waals surface area contributed by atoms with Crippen molar-refractivity contribution in [3.8, 4) is 11.5 Å². The van der Waals surface area contributed by atoms with E-state index in [1.165, 1.54) is 0 Å². The molecule has 720 valence electrons. The third-order valence-electron chi connectivity index (χ3n) is 16.6. The van der Waals surface area contributed by atoms with E-state index < -0.39 is 146 Å². The Morgan fingerprint density at radius 1 is 0.246 bits per heavy atom. The molecule has 56 heteroatoms. The Morgan fingerprint density at radius 2 is 0.429 bits per heavy atom. The molecule has 0 atom stereocenters. The van der Waals surface area contributed by atoms with Gasteiger partial charge < -0.3 is 114 Å². The van der Waals surface area contributed by atoms with Crippen LogP contribution in [0.5, 0.6) is 11.5 Å². The van der Waals surface area contributed by atoms with Gasteiger partial charge in [-0.2, -0.15) is 60.7 Å². The van der Waals surface area contributed by atoms with Gasteiger partial charge in [0, 0.05) is 129 Å². The van der Waals surface area contributed by atoms with E-state index in [1.807, 2.05) is 0 Å². The van der Waals surface area contributed by atoms with E-state index in [4.69, 9.17) is 103 Å². The Hall–Kier alpha value is -7.52. The van der Waals surface area contributed by atoms with Gasteiger partial charge in [-0.1, -0.05) is 36.4 Å². The van der Waals surface area contributed by atoms with Crippen molar-refractivity contribution in [1.29, 1.82) is 0 Å². The summed E-state index contributed by atoms with van der Waals surface area (Å²) in [6, 6.07) is 10.3. The fourth-order valence-electron chi connectivity index (χ4n) is 10.8. The molecule has 0 fully saturated rings. The highest BCUT2D eigenvalue weighted by Gasteiger charge is 2.29. The van der Waals surface area contributed by atoms with Crippen LogP contribution in [-0.2, 0) is 60.7 Å². The number of aromatic hydroxyl groups is 2. The number of fused-ring (bicyclic) bond motifs is 2. The summed E-state index contributed by atoms with van der Waals surface area (Å²) < 4.78 is 204. The molecule has 126 heavy (non-hydrogen) atoms. The lowest BCUT2D eigenvalue weighted by Crippen LogP contribution is -2.32. The van der Waals surface area contributed by atoms with Crippen LogP contribution in [0.4, 0.5) is 34.1 Å². The van der Waals surface area contributed by atoms with E-state index in [0.29, 0.717) is 130 Å². The van der Waals surface area contributed by atoms with E-state index in [2.05, 4.69) is 20.5 Å². The summed E-state index contributed by atoms with van der Waals surface area (Å²) in [6.45, 7) is 10.5. The van der Waals surface area contributed by atoms with Gasteiger partial charge in [0.15, 0.2) is 11.5 Å². The van der Waals surface area contributed by atoms with Crippen LogP contribution in [0.25, 0.3) is 33.7 Å². The number of nitrogen functional groups attached to an aromatic ring is 2. The van der Waals surface area contributed by atoms with Crippen LogP contribution in [-0.4, -0.2) is 446 Å². The second-order valence-corrected chi connectivity index (χ2v) is 33.7. The molecule has 0 aromatic heterocycles. The smallest absolute Gasteiger partial charge is 0.296 e. The number of hydrogen-bond acceptors (Lipinski definition) is 44. The van der Waals surface area contributed by atoms with Crippen LogP contribution in [0.15, 0.2) is 123 Å². The third-order valence-corrected chi connectivity index (χ3v) is 22.0. The summed E-state index contributed by atoms with van der Waals surface area (Å²) in [7, 11) is -31.1. The molecule has 0 spiro atoms. The van der Waals surface area contributed by atoms with Crippen molar-refractivity contribution in [2.45, 2.75) is 29.4 Å². The average molecular weight is 1930 g/mol. The molecule has 6 rings (SSSR count). The predicted octanol–water partition coefficient (Wildman–Crippen LogP) is -5.36. The first-order chi connectivity index (χ1) is 59.3. The molecule has 0 amide bonds.